The third-order valence-electron chi connectivity index (χ3n) is 5.20. The second-order valence-electron chi connectivity index (χ2n) is 7.13. The molecular formula is C19H20F3NO4. The Morgan fingerprint density at radius 1 is 1.15 bits per heavy atom. The van der Waals surface area contributed by atoms with Crippen molar-refractivity contribution in [3.63, 3.8) is 0 Å². The van der Waals surface area contributed by atoms with E-state index in [0.717, 1.165) is 31.4 Å². The Hall–Kier alpha value is -2.38. The molecule has 0 radical (unpaired) electrons. The molecule has 2 bridgehead atoms. The molecule has 0 aliphatic heterocycles. The van der Waals surface area contributed by atoms with Gasteiger partial charge in [-0.3, -0.25) is 14.4 Å². The summed E-state index contributed by atoms with van der Waals surface area (Å²) < 4.78 is 43.1. The molecule has 2 aliphatic rings. The molecular weight excluding hydrogens is 363 g/mol. The van der Waals surface area contributed by atoms with Crippen LogP contribution < -0.4 is 5.32 Å². The molecule has 146 valence electrons. The second-order valence-corrected chi connectivity index (χ2v) is 7.13. The molecule has 1 amide bonds. The number of carbonyl (C=O) groups excluding carboxylic acids is 3. The van der Waals surface area contributed by atoms with Gasteiger partial charge in [0, 0.05) is 17.5 Å². The number of esters is 1. The SMILES string of the molecule is O=C(COC(=O)C1CC2CCCC(C1)C2=O)Nc1cccc(C(F)(F)F)c1. The Morgan fingerprint density at radius 3 is 2.44 bits per heavy atom. The Kier molecular flexibility index (Phi) is 5.53. The van der Waals surface area contributed by atoms with Gasteiger partial charge in [0.05, 0.1) is 11.5 Å². The first-order valence-electron chi connectivity index (χ1n) is 8.91. The van der Waals surface area contributed by atoms with Crippen molar-refractivity contribution in [3.05, 3.63) is 29.8 Å². The van der Waals surface area contributed by atoms with E-state index in [9.17, 15) is 27.6 Å². The Morgan fingerprint density at radius 2 is 1.81 bits per heavy atom. The van der Waals surface area contributed by atoms with E-state index < -0.39 is 36.1 Å². The molecule has 27 heavy (non-hydrogen) atoms. The Labute approximate surface area is 154 Å². The lowest BCUT2D eigenvalue weighted by molar-refractivity contribution is -0.155. The van der Waals surface area contributed by atoms with Crippen LogP contribution >= 0.6 is 0 Å². The molecule has 3 rings (SSSR count). The predicted octanol–water partition coefficient (Wildman–Crippen LogP) is 3.58. The van der Waals surface area contributed by atoms with E-state index in [0.29, 0.717) is 12.8 Å². The number of benzene rings is 1. The zero-order valence-corrected chi connectivity index (χ0v) is 14.6. The first kappa shape index (κ1) is 19.4. The maximum Gasteiger partial charge on any atom is 0.416 e. The fourth-order valence-corrected chi connectivity index (χ4v) is 3.90. The van der Waals surface area contributed by atoms with Crippen molar-refractivity contribution < 1.29 is 32.3 Å². The number of anilines is 1. The first-order valence-corrected chi connectivity index (χ1v) is 8.91. The molecule has 1 aromatic rings. The number of Topliss-reactive ketones (excluding diaryl/α,β-unsaturated/α-hetero) is 1. The molecule has 0 saturated heterocycles. The highest BCUT2D eigenvalue weighted by atomic mass is 19.4. The number of carbonyl (C=O) groups is 3. The molecule has 1 aromatic carbocycles. The molecule has 2 atom stereocenters. The molecule has 8 heteroatoms. The number of halogens is 3. The highest BCUT2D eigenvalue weighted by Crippen LogP contribution is 2.40. The van der Waals surface area contributed by atoms with Gasteiger partial charge < -0.3 is 10.1 Å². The molecule has 0 aromatic heterocycles. The third-order valence-corrected chi connectivity index (χ3v) is 5.20. The minimum absolute atomic E-state index is 0.0244. The monoisotopic (exact) mass is 383 g/mol. The smallest absolute Gasteiger partial charge is 0.416 e. The molecule has 2 fully saturated rings. The highest BCUT2D eigenvalue weighted by molar-refractivity contribution is 5.93. The zero-order chi connectivity index (χ0) is 19.6. The van der Waals surface area contributed by atoms with Gasteiger partial charge in [-0.15, -0.1) is 0 Å². The van der Waals surface area contributed by atoms with Crippen LogP contribution in [0.3, 0.4) is 0 Å². The Bertz CT molecular complexity index is 731. The summed E-state index contributed by atoms with van der Waals surface area (Å²) in [6, 6.07) is 4.22. The molecule has 2 aliphatic carbocycles. The van der Waals surface area contributed by atoms with E-state index in [1.165, 1.54) is 12.1 Å². The van der Waals surface area contributed by atoms with Crippen LogP contribution in [0, 0.1) is 17.8 Å². The lowest BCUT2D eigenvalue weighted by Gasteiger charge is -2.36. The van der Waals surface area contributed by atoms with Gasteiger partial charge in [0.25, 0.3) is 5.91 Å². The topological polar surface area (TPSA) is 72.5 Å². The lowest BCUT2D eigenvalue weighted by Crippen LogP contribution is -2.40. The van der Waals surface area contributed by atoms with Crippen molar-refractivity contribution in [2.75, 3.05) is 11.9 Å². The van der Waals surface area contributed by atoms with Crippen LogP contribution in [0.25, 0.3) is 0 Å². The number of amides is 1. The standard InChI is InChI=1S/C19H20F3NO4/c20-19(21,22)14-5-2-6-15(9-14)23-16(24)10-27-18(26)13-7-11-3-1-4-12(8-13)17(11)25/h2,5-6,9,11-13H,1,3-4,7-8,10H2,(H,23,24). The van der Waals surface area contributed by atoms with Gasteiger partial charge in [-0.1, -0.05) is 12.5 Å². The molecule has 2 saturated carbocycles. The average molecular weight is 383 g/mol. The number of alkyl halides is 3. The van der Waals surface area contributed by atoms with E-state index in [-0.39, 0.29) is 23.3 Å². The second kappa shape index (κ2) is 7.70. The van der Waals surface area contributed by atoms with Gasteiger partial charge in [-0.05, 0) is 43.9 Å². The highest BCUT2D eigenvalue weighted by Gasteiger charge is 2.41. The molecule has 0 spiro atoms. The van der Waals surface area contributed by atoms with Gasteiger partial charge in [-0.2, -0.15) is 13.2 Å². The van der Waals surface area contributed by atoms with Crippen molar-refractivity contribution in [3.8, 4) is 0 Å². The zero-order valence-electron chi connectivity index (χ0n) is 14.6. The number of ketones is 1. The van der Waals surface area contributed by atoms with Crippen molar-refractivity contribution in [2.24, 2.45) is 17.8 Å². The first-order chi connectivity index (χ1) is 12.7. The van der Waals surface area contributed by atoms with E-state index in [1.54, 1.807) is 0 Å². The minimum Gasteiger partial charge on any atom is -0.455 e. The maximum atomic E-state index is 12.7. The van der Waals surface area contributed by atoms with E-state index >= 15 is 0 Å². The van der Waals surface area contributed by atoms with Gasteiger partial charge in [0.1, 0.15) is 5.78 Å². The van der Waals surface area contributed by atoms with Gasteiger partial charge in [0.2, 0.25) is 0 Å². The van der Waals surface area contributed by atoms with Crippen molar-refractivity contribution >= 4 is 23.3 Å². The van der Waals surface area contributed by atoms with Crippen LogP contribution in [0.5, 0.6) is 0 Å². The fraction of sp³-hybridized carbons (Fsp3) is 0.526. The van der Waals surface area contributed by atoms with Crippen molar-refractivity contribution in [1.29, 1.82) is 0 Å². The summed E-state index contributed by atoms with van der Waals surface area (Å²) in [5.41, 5.74) is -0.903. The average Bonchev–Trinajstić information content (AvgIpc) is 2.59. The number of nitrogens with one attached hydrogen (secondary N) is 1. The van der Waals surface area contributed by atoms with E-state index in [1.807, 2.05) is 0 Å². The largest absolute Gasteiger partial charge is 0.455 e. The van der Waals surface area contributed by atoms with Crippen LogP contribution in [0.15, 0.2) is 24.3 Å². The van der Waals surface area contributed by atoms with E-state index in [2.05, 4.69) is 5.32 Å². The van der Waals surface area contributed by atoms with Crippen molar-refractivity contribution in [1.82, 2.24) is 0 Å². The van der Waals surface area contributed by atoms with Crippen LogP contribution in [-0.4, -0.2) is 24.3 Å². The molecule has 0 heterocycles. The van der Waals surface area contributed by atoms with Crippen LogP contribution in [0.4, 0.5) is 18.9 Å². The van der Waals surface area contributed by atoms with Gasteiger partial charge >= 0.3 is 12.1 Å². The lowest BCUT2D eigenvalue weighted by atomic mass is 9.67. The summed E-state index contributed by atoms with van der Waals surface area (Å²) in [5.74, 6) is -1.62. The summed E-state index contributed by atoms with van der Waals surface area (Å²) in [6.07, 6.45) is -1.05. The number of hydrogen-bond acceptors (Lipinski definition) is 4. The van der Waals surface area contributed by atoms with Crippen LogP contribution in [0.1, 0.15) is 37.7 Å². The van der Waals surface area contributed by atoms with Crippen molar-refractivity contribution in [2.45, 2.75) is 38.3 Å². The molecule has 2 unspecified atom stereocenters. The number of hydrogen-bond donors (Lipinski definition) is 1. The number of fused-ring (bicyclic) bond motifs is 2. The maximum absolute atomic E-state index is 12.7. The summed E-state index contributed by atoms with van der Waals surface area (Å²) in [5, 5.41) is 2.29. The minimum atomic E-state index is -4.51. The quantitative estimate of drug-likeness (QED) is 0.807. The molecule has 5 nitrogen and oxygen atoms in total. The normalized spacial score (nSPS) is 25.0. The summed E-state index contributed by atoms with van der Waals surface area (Å²) >= 11 is 0. The Balaban J connectivity index is 1.51. The summed E-state index contributed by atoms with van der Waals surface area (Å²) in [6.45, 7) is -0.575. The van der Waals surface area contributed by atoms with E-state index in [4.69, 9.17) is 4.74 Å². The fourth-order valence-electron chi connectivity index (χ4n) is 3.90. The van der Waals surface area contributed by atoms with Gasteiger partial charge in [-0.25, -0.2) is 0 Å². The van der Waals surface area contributed by atoms with Crippen LogP contribution in [0.2, 0.25) is 0 Å². The number of ether oxygens (including phenoxy) is 1. The third kappa shape index (κ3) is 4.67. The summed E-state index contributed by atoms with van der Waals surface area (Å²) in [7, 11) is 0. The predicted molar refractivity (Wildman–Crippen MR) is 89.6 cm³/mol. The van der Waals surface area contributed by atoms with Crippen LogP contribution in [-0.2, 0) is 25.3 Å². The molecule has 1 N–H and O–H groups in total. The van der Waals surface area contributed by atoms with Gasteiger partial charge in [0.15, 0.2) is 6.61 Å². The summed E-state index contributed by atoms with van der Waals surface area (Å²) in [4.78, 5) is 36.1. The number of rotatable bonds is 4.